The summed E-state index contributed by atoms with van der Waals surface area (Å²) >= 11 is 0. The predicted octanol–water partition coefficient (Wildman–Crippen LogP) is 0.727. The second kappa shape index (κ2) is 4.16. The van der Waals surface area contributed by atoms with E-state index in [0.717, 1.165) is 24.3 Å². The molecule has 0 saturated carbocycles. The summed E-state index contributed by atoms with van der Waals surface area (Å²) < 4.78 is 43.0. The standard InChI is InChI=1S/C6H5FO3S.Ag/c7-5-1-3-6(4-2-5)11(8,9)10;/h1-4H,(H,8,9,10);/q;+1/p-1. The molecule has 0 N–H and O–H groups in total. The molecule has 70 valence electrons. The van der Waals surface area contributed by atoms with Gasteiger partial charge in [0.15, 0.2) is 0 Å². The van der Waals surface area contributed by atoms with Crippen LogP contribution in [0.3, 0.4) is 0 Å². The molecule has 0 amide bonds. The third kappa shape index (κ3) is 3.04. The third-order valence-corrected chi connectivity index (χ3v) is 1.95. The Morgan fingerprint density at radius 2 is 1.58 bits per heavy atom. The maximum absolute atomic E-state index is 12.2. The van der Waals surface area contributed by atoms with Crippen LogP contribution in [0.2, 0.25) is 0 Å². The molecule has 1 aromatic rings. The van der Waals surface area contributed by atoms with E-state index in [1.165, 1.54) is 0 Å². The average Bonchev–Trinajstić information content (AvgIpc) is 1.86. The quantitative estimate of drug-likeness (QED) is 0.564. The molecule has 3 nitrogen and oxygen atoms in total. The normalized spacial score (nSPS) is 10.5. The van der Waals surface area contributed by atoms with Gasteiger partial charge in [0, 0.05) is 0 Å². The van der Waals surface area contributed by atoms with Crippen molar-refractivity contribution in [1.29, 1.82) is 0 Å². The van der Waals surface area contributed by atoms with Crippen LogP contribution in [-0.4, -0.2) is 13.0 Å². The predicted molar refractivity (Wildman–Crippen MR) is 34.4 cm³/mol. The van der Waals surface area contributed by atoms with Gasteiger partial charge in [0.1, 0.15) is 15.9 Å². The van der Waals surface area contributed by atoms with E-state index in [2.05, 4.69) is 0 Å². The number of rotatable bonds is 1. The molecule has 1 rings (SSSR count). The van der Waals surface area contributed by atoms with Gasteiger partial charge in [-0.3, -0.25) is 0 Å². The Morgan fingerprint density at radius 3 is 1.92 bits per heavy atom. The summed E-state index contributed by atoms with van der Waals surface area (Å²) in [5.41, 5.74) is 0. The Kier molecular flexibility index (Phi) is 4.09. The van der Waals surface area contributed by atoms with Gasteiger partial charge in [-0.2, -0.15) is 0 Å². The first-order valence-electron chi connectivity index (χ1n) is 2.71. The Balaban J connectivity index is 0.00000121. The second-order valence-corrected chi connectivity index (χ2v) is 3.29. The first-order chi connectivity index (χ1) is 5.00. The molecular weight excluding hydrogens is 279 g/mol. The van der Waals surface area contributed by atoms with Crippen molar-refractivity contribution in [2.45, 2.75) is 4.90 Å². The van der Waals surface area contributed by atoms with Crippen LogP contribution in [0, 0.1) is 5.82 Å². The monoisotopic (exact) mass is 282 g/mol. The Morgan fingerprint density at radius 1 is 1.17 bits per heavy atom. The third-order valence-electron chi connectivity index (χ3n) is 1.10. The summed E-state index contributed by atoms with van der Waals surface area (Å²) in [6.45, 7) is 0. The van der Waals surface area contributed by atoms with Gasteiger partial charge in [-0.05, 0) is 24.3 Å². The first kappa shape index (κ1) is 11.8. The van der Waals surface area contributed by atoms with E-state index in [1.54, 1.807) is 0 Å². The summed E-state index contributed by atoms with van der Waals surface area (Å²) in [6.07, 6.45) is 0. The van der Waals surface area contributed by atoms with Crippen molar-refractivity contribution in [3.63, 3.8) is 0 Å². The molecule has 6 heteroatoms. The van der Waals surface area contributed by atoms with Gasteiger partial charge in [-0.15, -0.1) is 0 Å². The zero-order valence-electron chi connectivity index (χ0n) is 5.62. The van der Waals surface area contributed by atoms with E-state index in [9.17, 15) is 17.4 Å². The molecular formula is C6H4AgFO3S. The molecule has 0 bridgehead atoms. The fraction of sp³-hybridized carbons (Fsp3) is 0. The Hall–Kier alpha value is -0.200. The summed E-state index contributed by atoms with van der Waals surface area (Å²) in [6, 6.07) is 3.70. The van der Waals surface area contributed by atoms with Crippen molar-refractivity contribution < 1.29 is 39.7 Å². The zero-order chi connectivity index (χ0) is 8.48. The van der Waals surface area contributed by atoms with Crippen LogP contribution in [0.15, 0.2) is 29.2 Å². The largest absolute Gasteiger partial charge is 1.00 e. The number of benzene rings is 1. The molecule has 0 aliphatic heterocycles. The minimum atomic E-state index is -4.44. The van der Waals surface area contributed by atoms with Gasteiger partial charge in [0.05, 0.1) is 4.90 Å². The smallest absolute Gasteiger partial charge is 0.744 e. The topological polar surface area (TPSA) is 57.2 Å². The first-order valence-corrected chi connectivity index (χ1v) is 4.12. The van der Waals surface area contributed by atoms with Crippen LogP contribution in [0.1, 0.15) is 0 Å². The van der Waals surface area contributed by atoms with Gasteiger partial charge < -0.3 is 4.55 Å². The minimum absolute atomic E-state index is 0. The number of hydrogen-bond acceptors (Lipinski definition) is 3. The zero-order valence-corrected chi connectivity index (χ0v) is 7.92. The molecule has 0 fully saturated rings. The molecule has 12 heavy (non-hydrogen) atoms. The molecule has 0 unspecified atom stereocenters. The fourth-order valence-electron chi connectivity index (χ4n) is 0.601. The van der Waals surface area contributed by atoms with Crippen molar-refractivity contribution in [3.8, 4) is 0 Å². The molecule has 0 atom stereocenters. The summed E-state index contributed by atoms with van der Waals surface area (Å²) in [5, 5.41) is 0. The van der Waals surface area contributed by atoms with Gasteiger partial charge >= 0.3 is 22.4 Å². The van der Waals surface area contributed by atoms with Crippen LogP contribution in [0.25, 0.3) is 0 Å². The summed E-state index contributed by atoms with van der Waals surface area (Å²) in [7, 11) is -4.44. The van der Waals surface area contributed by atoms with E-state index in [1.807, 2.05) is 0 Å². The molecule has 1 aromatic carbocycles. The molecule has 0 radical (unpaired) electrons. The van der Waals surface area contributed by atoms with Crippen LogP contribution >= 0.6 is 0 Å². The van der Waals surface area contributed by atoms with Crippen molar-refractivity contribution >= 4 is 10.1 Å². The molecule has 0 saturated heterocycles. The molecule has 0 aliphatic rings. The van der Waals surface area contributed by atoms with Gasteiger partial charge in [0.25, 0.3) is 0 Å². The van der Waals surface area contributed by atoms with Gasteiger partial charge in [0.2, 0.25) is 0 Å². The van der Waals surface area contributed by atoms with E-state index < -0.39 is 20.8 Å². The summed E-state index contributed by atoms with van der Waals surface area (Å²) in [5.74, 6) is -0.572. The van der Waals surface area contributed by atoms with Gasteiger partial charge in [-0.25, -0.2) is 12.8 Å². The van der Waals surface area contributed by atoms with Crippen LogP contribution < -0.4 is 0 Å². The Labute approximate surface area is 84.9 Å². The molecule has 0 aliphatic carbocycles. The van der Waals surface area contributed by atoms with E-state index >= 15 is 0 Å². The molecule has 0 heterocycles. The van der Waals surface area contributed by atoms with Crippen LogP contribution in [-0.2, 0) is 32.5 Å². The number of hydrogen-bond donors (Lipinski definition) is 0. The average molecular weight is 283 g/mol. The second-order valence-electron chi connectivity index (χ2n) is 1.91. The van der Waals surface area contributed by atoms with E-state index in [0.29, 0.717) is 0 Å². The minimum Gasteiger partial charge on any atom is -0.744 e. The van der Waals surface area contributed by atoms with E-state index in [4.69, 9.17) is 0 Å². The van der Waals surface area contributed by atoms with Gasteiger partial charge in [-0.1, -0.05) is 0 Å². The van der Waals surface area contributed by atoms with Crippen molar-refractivity contribution in [3.05, 3.63) is 30.1 Å². The van der Waals surface area contributed by atoms with E-state index in [-0.39, 0.29) is 22.4 Å². The maximum atomic E-state index is 12.2. The SMILES string of the molecule is O=S(=O)([O-])c1ccc(F)cc1.[Ag+]. The Bertz CT molecular complexity index is 346. The van der Waals surface area contributed by atoms with Crippen molar-refractivity contribution in [2.24, 2.45) is 0 Å². The number of halogens is 1. The van der Waals surface area contributed by atoms with Crippen LogP contribution in [0.4, 0.5) is 4.39 Å². The molecule has 0 aromatic heterocycles. The van der Waals surface area contributed by atoms with Crippen molar-refractivity contribution in [2.75, 3.05) is 0 Å². The molecule has 0 spiro atoms. The van der Waals surface area contributed by atoms with Crippen LogP contribution in [0.5, 0.6) is 0 Å². The maximum Gasteiger partial charge on any atom is 1.00 e. The summed E-state index contributed by atoms with van der Waals surface area (Å²) in [4.78, 5) is -0.418. The fourth-order valence-corrected chi connectivity index (χ4v) is 1.07. The van der Waals surface area contributed by atoms with Crippen molar-refractivity contribution in [1.82, 2.24) is 0 Å².